The predicted molar refractivity (Wildman–Crippen MR) is 69.1 cm³/mol. The maximum absolute atomic E-state index is 6.11. The molecule has 0 radical (unpaired) electrons. The Morgan fingerprint density at radius 3 is 2.59 bits per heavy atom. The van der Waals surface area contributed by atoms with Gasteiger partial charge in [0.25, 0.3) is 0 Å². The smallest absolute Gasteiger partial charge is 0.115 e. The molecule has 88 valence electrons. The van der Waals surface area contributed by atoms with Crippen LogP contribution < -0.4 is 5.73 Å². The molecule has 0 amide bonds. The minimum atomic E-state index is -0.188. The molecule has 0 saturated heterocycles. The zero-order valence-corrected chi connectivity index (χ0v) is 10.5. The standard InChI is InChI=1S/C12H11Cl2N3/c13-10-3-1-2-8(12(10)14)4-11(15)9-5-16-7-17-6-9/h1-3,5-7,11H,4,15H2. The number of aromatic nitrogens is 2. The Labute approximate surface area is 110 Å². The van der Waals surface area contributed by atoms with Crippen molar-refractivity contribution in [1.82, 2.24) is 9.97 Å². The van der Waals surface area contributed by atoms with Crippen LogP contribution in [0.25, 0.3) is 0 Å². The van der Waals surface area contributed by atoms with Gasteiger partial charge in [-0.1, -0.05) is 35.3 Å². The van der Waals surface area contributed by atoms with Crippen molar-refractivity contribution in [2.45, 2.75) is 12.5 Å². The molecule has 1 atom stereocenters. The molecule has 5 heteroatoms. The first-order valence-corrected chi connectivity index (χ1v) is 5.87. The normalized spacial score (nSPS) is 12.4. The van der Waals surface area contributed by atoms with Crippen molar-refractivity contribution in [2.24, 2.45) is 5.73 Å². The van der Waals surface area contributed by atoms with E-state index in [1.54, 1.807) is 18.5 Å². The van der Waals surface area contributed by atoms with Gasteiger partial charge in [-0.15, -0.1) is 0 Å². The molecule has 0 saturated carbocycles. The zero-order chi connectivity index (χ0) is 12.3. The number of benzene rings is 1. The Balaban J connectivity index is 2.19. The first-order valence-electron chi connectivity index (χ1n) is 5.12. The molecule has 0 spiro atoms. The third-order valence-electron chi connectivity index (χ3n) is 2.48. The fraction of sp³-hybridized carbons (Fsp3) is 0.167. The average Bonchev–Trinajstić information content (AvgIpc) is 2.36. The van der Waals surface area contributed by atoms with Crippen molar-refractivity contribution in [3.05, 3.63) is 58.1 Å². The Hall–Kier alpha value is -1.16. The van der Waals surface area contributed by atoms with Gasteiger partial charge in [0.2, 0.25) is 0 Å². The van der Waals surface area contributed by atoms with Crippen LogP contribution in [0.3, 0.4) is 0 Å². The Bertz CT molecular complexity index is 502. The number of nitrogens with zero attached hydrogens (tertiary/aromatic N) is 2. The van der Waals surface area contributed by atoms with Crippen LogP contribution in [0.4, 0.5) is 0 Å². The monoisotopic (exact) mass is 267 g/mol. The summed E-state index contributed by atoms with van der Waals surface area (Å²) in [5.74, 6) is 0. The lowest BCUT2D eigenvalue weighted by atomic mass is 10.0. The molecule has 3 nitrogen and oxygen atoms in total. The molecular formula is C12H11Cl2N3. The van der Waals surface area contributed by atoms with E-state index in [9.17, 15) is 0 Å². The second kappa shape index (κ2) is 5.45. The molecule has 2 rings (SSSR count). The molecule has 1 aromatic carbocycles. The summed E-state index contributed by atoms with van der Waals surface area (Å²) in [5.41, 5.74) is 7.87. The van der Waals surface area contributed by atoms with E-state index >= 15 is 0 Å². The van der Waals surface area contributed by atoms with Crippen molar-refractivity contribution in [2.75, 3.05) is 0 Å². The molecule has 1 aromatic heterocycles. The molecule has 17 heavy (non-hydrogen) atoms. The van der Waals surface area contributed by atoms with Crippen LogP contribution in [0.2, 0.25) is 10.0 Å². The molecule has 0 fully saturated rings. The van der Waals surface area contributed by atoms with Gasteiger partial charge in [-0.05, 0) is 18.1 Å². The second-order valence-corrected chi connectivity index (χ2v) is 4.48. The van der Waals surface area contributed by atoms with Gasteiger partial charge >= 0.3 is 0 Å². The summed E-state index contributed by atoms with van der Waals surface area (Å²) >= 11 is 12.1. The van der Waals surface area contributed by atoms with Crippen molar-refractivity contribution < 1.29 is 0 Å². The summed E-state index contributed by atoms with van der Waals surface area (Å²) in [6, 6.07) is 5.34. The third kappa shape index (κ3) is 2.94. The molecule has 0 bridgehead atoms. The number of hydrogen-bond donors (Lipinski definition) is 1. The highest BCUT2D eigenvalue weighted by molar-refractivity contribution is 6.42. The Kier molecular flexibility index (Phi) is 3.94. The number of nitrogens with two attached hydrogens (primary N) is 1. The summed E-state index contributed by atoms with van der Waals surface area (Å²) in [7, 11) is 0. The van der Waals surface area contributed by atoms with Crippen molar-refractivity contribution in [3.8, 4) is 0 Å². The van der Waals surface area contributed by atoms with E-state index in [4.69, 9.17) is 28.9 Å². The van der Waals surface area contributed by atoms with E-state index in [-0.39, 0.29) is 6.04 Å². The van der Waals surface area contributed by atoms with Crippen LogP contribution in [0, 0.1) is 0 Å². The van der Waals surface area contributed by atoms with Gasteiger partial charge in [0.05, 0.1) is 10.0 Å². The molecule has 1 unspecified atom stereocenters. The van der Waals surface area contributed by atoms with E-state index < -0.39 is 0 Å². The topological polar surface area (TPSA) is 51.8 Å². The van der Waals surface area contributed by atoms with Crippen LogP contribution in [-0.2, 0) is 6.42 Å². The fourth-order valence-electron chi connectivity index (χ4n) is 1.56. The summed E-state index contributed by atoms with van der Waals surface area (Å²) < 4.78 is 0. The summed E-state index contributed by atoms with van der Waals surface area (Å²) in [5, 5.41) is 1.10. The zero-order valence-electron chi connectivity index (χ0n) is 8.98. The van der Waals surface area contributed by atoms with Crippen molar-refractivity contribution in [3.63, 3.8) is 0 Å². The summed E-state index contributed by atoms with van der Waals surface area (Å²) in [4.78, 5) is 7.87. The van der Waals surface area contributed by atoms with Crippen molar-refractivity contribution >= 4 is 23.2 Å². The van der Waals surface area contributed by atoms with E-state index in [1.807, 2.05) is 12.1 Å². The Morgan fingerprint density at radius 1 is 1.18 bits per heavy atom. The highest BCUT2D eigenvalue weighted by atomic mass is 35.5. The van der Waals surface area contributed by atoms with Crippen LogP contribution in [0.15, 0.2) is 36.9 Å². The predicted octanol–water partition coefficient (Wildman–Crippen LogP) is 3.03. The van der Waals surface area contributed by atoms with Gasteiger partial charge in [0, 0.05) is 24.0 Å². The van der Waals surface area contributed by atoms with Crippen LogP contribution in [0.5, 0.6) is 0 Å². The fourth-order valence-corrected chi connectivity index (χ4v) is 1.96. The average molecular weight is 268 g/mol. The summed E-state index contributed by atoms with van der Waals surface area (Å²) in [6.07, 6.45) is 5.49. The number of rotatable bonds is 3. The Morgan fingerprint density at radius 2 is 1.88 bits per heavy atom. The van der Waals surface area contributed by atoms with Gasteiger partial charge in [-0.3, -0.25) is 0 Å². The van der Waals surface area contributed by atoms with E-state index in [0.29, 0.717) is 16.5 Å². The van der Waals surface area contributed by atoms with Crippen LogP contribution >= 0.6 is 23.2 Å². The third-order valence-corrected chi connectivity index (χ3v) is 3.34. The highest BCUT2D eigenvalue weighted by Crippen LogP contribution is 2.28. The molecule has 2 aromatic rings. The van der Waals surface area contributed by atoms with Gasteiger partial charge in [0.1, 0.15) is 6.33 Å². The molecule has 0 aliphatic rings. The molecule has 1 heterocycles. The van der Waals surface area contributed by atoms with Gasteiger partial charge in [-0.2, -0.15) is 0 Å². The number of hydrogen-bond acceptors (Lipinski definition) is 3. The molecule has 0 aliphatic heterocycles. The van der Waals surface area contributed by atoms with Crippen LogP contribution in [-0.4, -0.2) is 9.97 Å². The lowest BCUT2D eigenvalue weighted by molar-refractivity contribution is 0.713. The molecule has 0 aliphatic carbocycles. The maximum Gasteiger partial charge on any atom is 0.115 e. The lowest BCUT2D eigenvalue weighted by Crippen LogP contribution is -2.14. The van der Waals surface area contributed by atoms with Crippen molar-refractivity contribution in [1.29, 1.82) is 0 Å². The SMILES string of the molecule is NC(Cc1cccc(Cl)c1Cl)c1cncnc1. The number of halogens is 2. The minimum Gasteiger partial charge on any atom is -0.324 e. The molecule has 2 N–H and O–H groups in total. The maximum atomic E-state index is 6.11. The first-order chi connectivity index (χ1) is 8.18. The largest absolute Gasteiger partial charge is 0.324 e. The minimum absolute atomic E-state index is 0.188. The quantitative estimate of drug-likeness (QED) is 0.930. The first kappa shape index (κ1) is 12.3. The molecular weight excluding hydrogens is 257 g/mol. The van der Waals surface area contributed by atoms with E-state index in [1.165, 1.54) is 6.33 Å². The highest BCUT2D eigenvalue weighted by Gasteiger charge is 2.11. The summed E-state index contributed by atoms with van der Waals surface area (Å²) in [6.45, 7) is 0. The lowest BCUT2D eigenvalue weighted by Gasteiger charge is -2.12. The van der Waals surface area contributed by atoms with Gasteiger partial charge in [0.15, 0.2) is 0 Å². The van der Waals surface area contributed by atoms with Gasteiger partial charge in [-0.25, -0.2) is 9.97 Å². The van der Waals surface area contributed by atoms with E-state index in [2.05, 4.69) is 9.97 Å². The van der Waals surface area contributed by atoms with Crippen LogP contribution in [0.1, 0.15) is 17.2 Å². The van der Waals surface area contributed by atoms with Gasteiger partial charge < -0.3 is 5.73 Å². The second-order valence-electron chi connectivity index (χ2n) is 3.70. The van der Waals surface area contributed by atoms with E-state index in [0.717, 1.165) is 11.1 Å².